The van der Waals surface area contributed by atoms with Gasteiger partial charge in [0.1, 0.15) is 0 Å². The van der Waals surface area contributed by atoms with Crippen molar-refractivity contribution < 1.29 is 14.3 Å². The molecule has 0 spiro atoms. The Bertz CT molecular complexity index is 850. The van der Waals surface area contributed by atoms with E-state index in [4.69, 9.17) is 4.74 Å². The first kappa shape index (κ1) is 17.5. The first-order valence-corrected chi connectivity index (χ1v) is 9.26. The molecule has 2 aromatic carbocycles. The van der Waals surface area contributed by atoms with Crippen LogP contribution < -0.4 is 15.5 Å². The number of nitrogens with zero attached hydrogens (tertiary/aromatic N) is 1. The summed E-state index contributed by atoms with van der Waals surface area (Å²) in [5.74, 6) is -0.632. The van der Waals surface area contributed by atoms with Crippen LogP contribution in [0.4, 0.5) is 11.4 Å². The fourth-order valence-electron chi connectivity index (χ4n) is 3.68. The Kier molecular flexibility index (Phi) is 4.81. The maximum atomic E-state index is 12.8. The average molecular weight is 365 g/mol. The van der Waals surface area contributed by atoms with Crippen LogP contribution in [0.1, 0.15) is 28.8 Å². The number of anilines is 2. The van der Waals surface area contributed by atoms with Gasteiger partial charge in [-0.1, -0.05) is 18.2 Å². The number of benzene rings is 2. The summed E-state index contributed by atoms with van der Waals surface area (Å²) in [4.78, 5) is 27.0. The molecule has 0 aromatic heterocycles. The highest BCUT2D eigenvalue weighted by Crippen LogP contribution is 2.26. The second-order valence-corrected chi connectivity index (χ2v) is 7.01. The van der Waals surface area contributed by atoms with Gasteiger partial charge >= 0.3 is 0 Å². The average Bonchev–Trinajstić information content (AvgIpc) is 2.69. The van der Waals surface area contributed by atoms with Gasteiger partial charge in [0, 0.05) is 36.6 Å². The molecule has 2 aromatic rings. The Balaban J connectivity index is 1.46. The van der Waals surface area contributed by atoms with E-state index in [9.17, 15) is 9.59 Å². The van der Waals surface area contributed by atoms with E-state index in [0.717, 1.165) is 36.6 Å². The number of nitrogens with one attached hydrogen (secondary N) is 2. The number of rotatable bonds is 3. The highest BCUT2D eigenvalue weighted by Gasteiger charge is 2.30. The first-order valence-electron chi connectivity index (χ1n) is 9.26. The lowest BCUT2D eigenvalue weighted by molar-refractivity contribution is -0.117. The van der Waals surface area contributed by atoms with Crippen LogP contribution in [0.25, 0.3) is 0 Å². The lowest BCUT2D eigenvalue weighted by atomic mass is 9.89. The molecule has 2 aliphatic heterocycles. The third-order valence-electron chi connectivity index (χ3n) is 5.11. The van der Waals surface area contributed by atoms with Gasteiger partial charge in [0.25, 0.3) is 5.91 Å². The Hall–Kier alpha value is -2.86. The van der Waals surface area contributed by atoms with Crippen LogP contribution in [0.3, 0.4) is 0 Å². The zero-order chi connectivity index (χ0) is 18.8. The molecule has 2 atom stereocenters. The lowest BCUT2D eigenvalue weighted by Gasteiger charge is -2.33. The van der Waals surface area contributed by atoms with Gasteiger partial charge in [-0.05, 0) is 42.8 Å². The molecule has 27 heavy (non-hydrogen) atoms. The summed E-state index contributed by atoms with van der Waals surface area (Å²) in [6.45, 7) is 4.85. The van der Waals surface area contributed by atoms with Crippen LogP contribution in [0.15, 0.2) is 48.5 Å². The number of ether oxygens (including phenoxy) is 1. The molecular weight excluding hydrogens is 342 g/mol. The molecule has 140 valence electrons. The molecule has 0 radical (unpaired) electrons. The minimum absolute atomic E-state index is 0.116. The number of hydrogen-bond donors (Lipinski definition) is 2. The monoisotopic (exact) mass is 365 g/mol. The standard InChI is InChI=1S/C21H23N3O3/c1-14-13-24(10-11-27-14)16-8-6-15(7-9-16)23-21(26)19-12-22-20(25)18-5-3-2-4-17(18)19/h2-9,14,19H,10-13H2,1H3,(H,22,25)(H,23,26). The summed E-state index contributed by atoms with van der Waals surface area (Å²) in [6, 6.07) is 15.1. The van der Waals surface area contributed by atoms with Crippen LogP contribution in [-0.4, -0.2) is 44.2 Å². The number of carbonyl (C=O) groups excluding carboxylic acids is 2. The molecule has 1 fully saturated rings. The van der Waals surface area contributed by atoms with Crippen molar-refractivity contribution in [1.82, 2.24) is 5.32 Å². The quantitative estimate of drug-likeness (QED) is 0.876. The van der Waals surface area contributed by atoms with Crippen LogP contribution >= 0.6 is 0 Å². The predicted molar refractivity (Wildman–Crippen MR) is 104 cm³/mol. The molecule has 6 heteroatoms. The molecule has 1 saturated heterocycles. The zero-order valence-electron chi connectivity index (χ0n) is 15.3. The molecule has 2 heterocycles. The van der Waals surface area contributed by atoms with Crippen molar-refractivity contribution in [2.45, 2.75) is 18.9 Å². The van der Waals surface area contributed by atoms with Gasteiger partial charge in [0.05, 0.1) is 18.6 Å². The van der Waals surface area contributed by atoms with Crippen molar-refractivity contribution >= 4 is 23.2 Å². The molecule has 4 rings (SSSR count). The summed E-state index contributed by atoms with van der Waals surface area (Å²) in [6.07, 6.45) is 0.222. The Morgan fingerprint density at radius 3 is 2.74 bits per heavy atom. The van der Waals surface area contributed by atoms with Crippen LogP contribution in [0, 0.1) is 0 Å². The van der Waals surface area contributed by atoms with Crippen LogP contribution in [0.2, 0.25) is 0 Å². The smallest absolute Gasteiger partial charge is 0.251 e. The number of hydrogen-bond acceptors (Lipinski definition) is 4. The Morgan fingerprint density at radius 2 is 1.96 bits per heavy atom. The second-order valence-electron chi connectivity index (χ2n) is 7.01. The van der Waals surface area contributed by atoms with Gasteiger partial charge in [0.2, 0.25) is 5.91 Å². The van der Waals surface area contributed by atoms with Crippen molar-refractivity contribution in [3.8, 4) is 0 Å². The van der Waals surface area contributed by atoms with E-state index in [0.29, 0.717) is 12.1 Å². The summed E-state index contributed by atoms with van der Waals surface area (Å²) < 4.78 is 5.58. The summed E-state index contributed by atoms with van der Waals surface area (Å²) >= 11 is 0. The maximum Gasteiger partial charge on any atom is 0.251 e. The molecular formula is C21H23N3O3. The number of fused-ring (bicyclic) bond motifs is 1. The van der Waals surface area contributed by atoms with Gasteiger partial charge < -0.3 is 20.3 Å². The first-order chi connectivity index (χ1) is 13.1. The highest BCUT2D eigenvalue weighted by molar-refractivity contribution is 6.03. The normalized spacial score (nSPS) is 22.0. The number of amides is 2. The fourth-order valence-corrected chi connectivity index (χ4v) is 3.68. The topological polar surface area (TPSA) is 70.7 Å². The predicted octanol–water partition coefficient (Wildman–Crippen LogP) is 2.38. The summed E-state index contributed by atoms with van der Waals surface area (Å²) in [5, 5.41) is 5.77. The summed E-state index contributed by atoms with van der Waals surface area (Å²) in [7, 11) is 0. The van der Waals surface area contributed by atoms with E-state index in [2.05, 4.69) is 22.5 Å². The SMILES string of the molecule is CC1CN(c2ccc(NC(=O)C3CNC(=O)c4ccccc43)cc2)CCO1. The van der Waals surface area contributed by atoms with Gasteiger partial charge in [-0.2, -0.15) is 0 Å². The molecule has 2 unspecified atom stereocenters. The van der Waals surface area contributed by atoms with E-state index in [1.54, 1.807) is 6.07 Å². The van der Waals surface area contributed by atoms with Crippen LogP contribution in [0.5, 0.6) is 0 Å². The van der Waals surface area contributed by atoms with E-state index in [1.165, 1.54) is 0 Å². The van der Waals surface area contributed by atoms with Crippen molar-refractivity contribution in [3.05, 3.63) is 59.7 Å². The van der Waals surface area contributed by atoms with Gasteiger partial charge in [-0.3, -0.25) is 9.59 Å². The van der Waals surface area contributed by atoms with Crippen molar-refractivity contribution in [2.24, 2.45) is 0 Å². The largest absolute Gasteiger partial charge is 0.375 e. The number of morpholine rings is 1. The van der Waals surface area contributed by atoms with E-state index in [-0.39, 0.29) is 17.9 Å². The number of carbonyl (C=O) groups is 2. The van der Waals surface area contributed by atoms with Crippen molar-refractivity contribution in [1.29, 1.82) is 0 Å². The van der Waals surface area contributed by atoms with Crippen molar-refractivity contribution in [2.75, 3.05) is 36.5 Å². The summed E-state index contributed by atoms with van der Waals surface area (Å²) in [5.41, 5.74) is 3.22. The Morgan fingerprint density at radius 1 is 1.19 bits per heavy atom. The fraction of sp³-hybridized carbons (Fsp3) is 0.333. The molecule has 0 aliphatic carbocycles. The molecule has 2 N–H and O–H groups in total. The minimum Gasteiger partial charge on any atom is -0.375 e. The highest BCUT2D eigenvalue weighted by atomic mass is 16.5. The van der Waals surface area contributed by atoms with E-state index < -0.39 is 5.92 Å². The lowest BCUT2D eigenvalue weighted by Crippen LogP contribution is -2.41. The molecule has 0 bridgehead atoms. The van der Waals surface area contributed by atoms with Crippen LogP contribution in [-0.2, 0) is 9.53 Å². The van der Waals surface area contributed by atoms with E-state index >= 15 is 0 Å². The third-order valence-corrected chi connectivity index (χ3v) is 5.11. The Labute approximate surface area is 158 Å². The van der Waals surface area contributed by atoms with Gasteiger partial charge in [0.15, 0.2) is 0 Å². The molecule has 2 amide bonds. The van der Waals surface area contributed by atoms with Gasteiger partial charge in [-0.15, -0.1) is 0 Å². The van der Waals surface area contributed by atoms with Gasteiger partial charge in [-0.25, -0.2) is 0 Å². The third kappa shape index (κ3) is 3.66. The van der Waals surface area contributed by atoms with E-state index in [1.807, 2.05) is 42.5 Å². The second kappa shape index (κ2) is 7.40. The maximum absolute atomic E-state index is 12.8. The molecule has 2 aliphatic rings. The molecule has 6 nitrogen and oxygen atoms in total. The zero-order valence-corrected chi connectivity index (χ0v) is 15.3. The minimum atomic E-state index is -0.390. The van der Waals surface area contributed by atoms with Crippen molar-refractivity contribution in [3.63, 3.8) is 0 Å². The molecule has 0 saturated carbocycles.